The van der Waals surface area contributed by atoms with Crippen LogP contribution in [0, 0.1) is 0 Å². The summed E-state index contributed by atoms with van der Waals surface area (Å²) in [4.78, 5) is 0. The van der Waals surface area contributed by atoms with Gasteiger partial charge in [0.2, 0.25) is 11.4 Å². The summed E-state index contributed by atoms with van der Waals surface area (Å²) in [6, 6.07) is 9.82. The molecule has 3 rings (SSSR count). The number of nitrogens with zero attached hydrogens (tertiary/aromatic N) is 2. The Balaban J connectivity index is 1.98. The van der Waals surface area contributed by atoms with E-state index in [1.165, 1.54) is 180 Å². The van der Waals surface area contributed by atoms with Crippen molar-refractivity contribution in [2.45, 2.75) is 215 Å². The lowest BCUT2D eigenvalue weighted by atomic mass is 9.87. The molecule has 2 nitrogen and oxygen atoms in total. The van der Waals surface area contributed by atoms with E-state index in [-0.39, 0.29) is 0 Å². The minimum atomic E-state index is 0.950. The van der Waals surface area contributed by atoms with Gasteiger partial charge in [0.25, 0.3) is 0 Å². The Morgan fingerprint density at radius 2 is 0.745 bits per heavy atom. The predicted octanol–water partition coefficient (Wildman–Crippen LogP) is 15.7. The van der Waals surface area contributed by atoms with E-state index in [0.29, 0.717) is 0 Å². The second-order valence-electron chi connectivity index (χ2n) is 15.9. The molecule has 0 saturated carbocycles. The number of allylic oxidation sites excluding steroid dienone is 2. The lowest BCUT2D eigenvalue weighted by molar-refractivity contribution is -0.344. The molecule has 1 aliphatic heterocycles. The highest BCUT2D eigenvalue weighted by molar-refractivity contribution is 5.79. The van der Waals surface area contributed by atoms with Crippen molar-refractivity contribution in [3.63, 3.8) is 0 Å². The highest BCUT2D eigenvalue weighted by Gasteiger charge is 2.29. The van der Waals surface area contributed by atoms with E-state index in [2.05, 4.69) is 78.8 Å². The summed E-state index contributed by atoms with van der Waals surface area (Å²) < 4.78 is 1.56. The fourth-order valence-corrected chi connectivity index (χ4v) is 8.22. The Labute approximate surface area is 316 Å². The van der Waals surface area contributed by atoms with Crippen LogP contribution in [0.15, 0.2) is 35.9 Å². The van der Waals surface area contributed by atoms with E-state index in [1.807, 2.05) is 0 Å². The Hall–Kier alpha value is -2.48. The van der Waals surface area contributed by atoms with Crippen molar-refractivity contribution in [1.82, 2.24) is 0 Å². The molecule has 1 aliphatic rings. The first-order valence-electron chi connectivity index (χ1n) is 22.1. The Bertz CT molecular complexity index is 1330. The molecule has 2 aromatic rings. The van der Waals surface area contributed by atoms with Crippen LogP contribution in [0.2, 0.25) is 0 Å². The second-order valence-corrected chi connectivity index (χ2v) is 15.9. The van der Waals surface area contributed by atoms with E-state index in [1.54, 1.807) is 15.8 Å². The van der Waals surface area contributed by atoms with Gasteiger partial charge in [0.15, 0.2) is 0 Å². The third-order valence-electron chi connectivity index (χ3n) is 11.4. The van der Waals surface area contributed by atoms with Crippen molar-refractivity contribution >= 4 is 11.4 Å². The summed E-state index contributed by atoms with van der Waals surface area (Å²) in [5.41, 5.74) is 26.9. The van der Waals surface area contributed by atoms with Crippen molar-refractivity contribution in [2.24, 2.45) is 0 Å². The quantitative estimate of drug-likeness (QED) is 0.0626. The molecule has 2 heteroatoms. The van der Waals surface area contributed by atoms with Crippen LogP contribution >= 0.6 is 0 Å². The first kappa shape index (κ1) is 42.9. The standard InChI is InChI=1S/C49H78N2/c1-8-14-20-22-24-26-32-46-40(28-16-10-3)35-44(36-41(46)29-17-11-4)48-34-39(7)49(51(48)50)45-37-42(30-18-12-5)47(43(38-45)31-19-13-6)33-27-25-23-21-15-9-2/h34-38H,8-33H2,1-7H3. The minimum absolute atomic E-state index is 0.950. The van der Waals surface area contributed by atoms with Crippen LogP contribution in [-0.4, -0.2) is 4.70 Å². The average Bonchev–Trinajstić information content (AvgIpc) is 3.44. The summed E-state index contributed by atoms with van der Waals surface area (Å²) in [5.74, 6) is 0. The molecule has 0 N–H and O–H groups in total. The zero-order valence-corrected chi connectivity index (χ0v) is 34.7. The van der Waals surface area contributed by atoms with E-state index < -0.39 is 0 Å². The number of hydrogen-bond donors (Lipinski definition) is 0. The lowest BCUT2D eigenvalue weighted by Crippen LogP contribution is -2.09. The van der Waals surface area contributed by atoms with Crippen LogP contribution in [0.5, 0.6) is 0 Å². The summed E-state index contributed by atoms with van der Waals surface area (Å²) >= 11 is 0. The number of hydrogen-bond acceptors (Lipinski definition) is 0. The monoisotopic (exact) mass is 695 g/mol. The molecule has 0 aromatic heterocycles. The smallest absolute Gasteiger partial charge is 0.210 e. The van der Waals surface area contributed by atoms with E-state index >= 15 is 0 Å². The van der Waals surface area contributed by atoms with Gasteiger partial charge in [0, 0.05) is 22.8 Å². The molecule has 284 valence electrons. The molecule has 51 heavy (non-hydrogen) atoms. The third-order valence-corrected chi connectivity index (χ3v) is 11.4. The maximum absolute atomic E-state index is 12.1. The Kier molecular flexibility index (Phi) is 20.8. The van der Waals surface area contributed by atoms with Crippen molar-refractivity contribution in [1.29, 1.82) is 0 Å². The molecule has 0 radical (unpaired) electrons. The van der Waals surface area contributed by atoms with Gasteiger partial charge in [-0.2, -0.15) is 0 Å². The SMILES string of the molecule is CCCCCCCCc1c(CCCC)cc(C2=CC(C)=C(c3cc(CCCC)c(CCCCCCCC)c(CCCC)c3)[N+]2=[N-])cc1CCCC. The Morgan fingerprint density at radius 3 is 1.12 bits per heavy atom. The minimum Gasteiger partial charge on any atom is -0.493 e. The van der Waals surface area contributed by atoms with Gasteiger partial charge >= 0.3 is 0 Å². The molecule has 0 atom stereocenters. The molecule has 0 unspecified atom stereocenters. The van der Waals surface area contributed by atoms with Crippen LogP contribution in [0.1, 0.15) is 221 Å². The highest BCUT2D eigenvalue weighted by Crippen LogP contribution is 2.39. The molecule has 0 fully saturated rings. The topological polar surface area (TPSA) is 25.3 Å². The third kappa shape index (κ3) is 13.5. The largest absolute Gasteiger partial charge is 0.493 e. The van der Waals surface area contributed by atoms with Gasteiger partial charge in [-0.05, 0) is 142 Å². The fraction of sp³-hybridized carbons (Fsp3) is 0.673. The fourth-order valence-electron chi connectivity index (χ4n) is 8.22. The summed E-state index contributed by atoms with van der Waals surface area (Å²) in [7, 11) is 0. The van der Waals surface area contributed by atoms with Crippen LogP contribution in [0.25, 0.3) is 16.9 Å². The normalized spacial score (nSPS) is 13.2. The van der Waals surface area contributed by atoms with Crippen LogP contribution in [-0.2, 0) is 38.5 Å². The highest BCUT2D eigenvalue weighted by atomic mass is 15.2. The van der Waals surface area contributed by atoms with Crippen molar-refractivity contribution < 1.29 is 4.70 Å². The number of rotatable bonds is 28. The molecular formula is C49H78N2. The first-order chi connectivity index (χ1) is 24.9. The molecule has 0 aliphatic carbocycles. The van der Waals surface area contributed by atoms with Crippen LogP contribution < -0.4 is 0 Å². The van der Waals surface area contributed by atoms with Crippen LogP contribution in [0.4, 0.5) is 0 Å². The van der Waals surface area contributed by atoms with Gasteiger partial charge in [-0.1, -0.05) is 131 Å². The van der Waals surface area contributed by atoms with E-state index in [0.717, 1.165) is 37.1 Å². The van der Waals surface area contributed by atoms with Gasteiger partial charge in [-0.15, -0.1) is 0 Å². The van der Waals surface area contributed by atoms with Gasteiger partial charge in [0.05, 0.1) is 0 Å². The van der Waals surface area contributed by atoms with Gasteiger partial charge < -0.3 is 5.53 Å². The maximum Gasteiger partial charge on any atom is 0.210 e. The summed E-state index contributed by atoms with van der Waals surface area (Å²) in [6.45, 7) is 16.1. The second kappa shape index (κ2) is 24.7. The summed E-state index contributed by atoms with van der Waals surface area (Å²) in [5, 5.41) is 0. The molecule has 2 aromatic carbocycles. The van der Waals surface area contributed by atoms with Crippen LogP contribution in [0.3, 0.4) is 0 Å². The molecule has 0 bridgehead atoms. The van der Waals surface area contributed by atoms with Crippen molar-refractivity contribution in [2.75, 3.05) is 0 Å². The number of benzene rings is 2. The number of aryl methyl sites for hydroxylation is 4. The van der Waals surface area contributed by atoms with Gasteiger partial charge in [-0.25, -0.2) is 4.70 Å². The molecule has 0 spiro atoms. The van der Waals surface area contributed by atoms with E-state index in [4.69, 9.17) is 0 Å². The van der Waals surface area contributed by atoms with Gasteiger partial charge in [0.1, 0.15) is 0 Å². The zero-order chi connectivity index (χ0) is 36.8. The maximum atomic E-state index is 12.1. The zero-order valence-electron chi connectivity index (χ0n) is 34.7. The van der Waals surface area contributed by atoms with Crippen molar-refractivity contribution in [3.8, 4) is 0 Å². The molecule has 1 heterocycles. The molecular weight excluding hydrogens is 617 g/mol. The van der Waals surface area contributed by atoms with E-state index in [9.17, 15) is 5.53 Å². The van der Waals surface area contributed by atoms with Gasteiger partial charge in [-0.3, -0.25) is 0 Å². The molecule has 0 amide bonds. The Morgan fingerprint density at radius 1 is 0.412 bits per heavy atom. The summed E-state index contributed by atoms with van der Waals surface area (Å²) in [6.07, 6.45) is 35.0. The van der Waals surface area contributed by atoms with Crippen molar-refractivity contribution in [3.05, 3.63) is 86.0 Å². The molecule has 0 saturated heterocycles. The number of unbranched alkanes of at least 4 members (excludes halogenated alkanes) is 14. The average molecular weight is 695 g/mol. The predicted molar refractivity (Wildman–Crippen MR) is 226 cm³/mol. The lowest BCUT2D eigenvalue weighted by Gasteiger charge is -2.20. The first-order valence-corrected chi connectivity index (χ1v) is 22.1.